The number of unbranched alkanes of at least 4 members (excludes halogenated alkanes) is 3. The zero-order valence-corrected chi connectivity index (χ0v) is 12.3. The first-order valence-corrected chi connectivity index (χ1v) is 7.48. The van der Waals surface area contributed by atoms with Crippen molar-refractivity contribution in [2.75, 3.05) is 19.8 Å². The molecular weight excluding hydrogens is 273 g/mol. The molecule has 4 nitrogen and oxygen atoms in total. The topological polar surface area (TPSA) is 58.6 Å². The van der Waals surface area contributed by atoms with Crippen LogP contribution in [-0.2, 0) is 4.79 Å². The first-order chi connectivity index (χ1) is 10.2. The van der Waals surface area contributed by atoms with E-state index in [2.05, 4.69) is 5.32 Å². The summed E-state index contributed by atoms with van der Waals surface area (Å²) in [6.45, 7) is 1.36. The minimum Gasteiger partial charge on any atom is -0.494 e. The summed E-state index contributed by atoms with van der Waals surface area (Å²) in [7, 11) is 0. The lowest BCUT2D eigenvalue weighted by atomic mass is 10.2. The van der Waals surface area contributed by atoms with Gasteiger partial charge >= 0.3 is 0 Å². The molecule has 0 aliphatic rings. The van der Waals surface area contributed by atoms with Crippen molar-refractivity contribution in [2.24, 2.45) is 0 Å². The first kappa shape index (κ1) is 17.4. The number of halogens is 1. The second-order valence-corrected chi connectivity index (χ2v) is 4.89. The highest BCUT2D eigenvalue weighted by atomic mass is 19.1. The lowest BCUT2D eigenvalue weighted by molar-refractivity contribution is -0.121. The standard InChI is InChI=1S/C16H24FNO3/c17-14-7-9-15(10-8-14)21-13-5-6-16(20)18-11-3-1-2-4-12-19/h7-10,19H,1-6,11-13H2,(H,18,20). The molecule has 0 aliphatic carbocycles. The van der Waals surface area contributed by atoms with Gasteiger partial charge in [-0.2, -0.15) is 0 Å². The van der Waals surface area contributed by atoms with Gasteiger partial charge in [-0.1, -0.05) is 12.8 Å². The van der Waals surface area contributed by atoms with Crippen LogP contribution in [0.1, 0.15) is 38.5 Å². The Kier molecular flexibility index (Phi) is 9.20. The molecule has 118 valence electrons. The zero-order valence-electron chi connectivity index (χ0n) is 12.3. The van der Waals surface area contributed by atoms with Gasteiger partial charge in [0.25, 0.3) is 0 Å². The van der Waals surface area contributed by atoms with E-state index in [9.17, 15) is 9.18 Å². The summed E-state index contributed by atoms with van der Waals surface area (Å²) in [6.07, 6.45) is 4.85. The number of aliphatic hydroxyl groups is 1. The third-order valence-electron chi connectivity index (χ3n) is 3.04. The Hall–Kier alpha value is -1.62. The van der Waals surface area contributed by atoms with Crippen LogP contribution < -0.4 is 10.1 Å². The minimum absolute atomic E-state index is 0.0277. The monoisotopic (exact) mass is 297 g/mol. The maximum absolute atomic E-state index is 12.7. The number of amides is 1. The number of rotatable bonds is 11. The van der Waals surface area contributed by atoms with Gasteiger partial charge in [-0.3, -0.25) is 4.79 Å². The van der Waals surface area contributed by atoms with Crippen molar-refractivity contribution in [1.82, 2.24) is 5.32 Å². The van der Waals surface area contributed by atoms with Crippen molar-refractivity contribution in [2.45, 2.75) is 38.5 Å². The third kappa shape index (κ3) is 9.02. The maximum atomic E-state index is 12.7. The molecule has 1 aromatic rings. The number of hydrogen-bond acceptors (Lipinski definition) is 3. The van der Waals surface area contributed by atoms with Gasteiger partial charge in [-0.15, -0.1) is 0 Å². The smallest absolute Gasteiger partial charge is 0.220 e. The summed E-state index contributed by atoms with van der Waals surface area (Å²) in [5.74, 6) is 0.348. The SMILES string of the molecule is O=C(CCCOc1ccc(F)cc1)NCCCCCCO. The van der Waals surface area contributed by atoms with Crippen molar-refractivity contribution < 1.29 is 19.0 Å². The van der Waals surface area contributed by atoms with E-state index in [4.69, 9.17) is 9.84 Å². The van der Waals surface area contributed by atoms with Crippen LogP contribution in [0.25, 0.3) is 0 Å². The van der Waals surface area contributed by atoms with Crippen molar-refractivity contribution in [3.63, 3.8) is 0 Å². The van der Waals surface area contributed by atoms with Gasteiger partial charge in [0.05, 0.1) is 6.61 Å². The van der Waals surface area contributed by atoms with Crippen molar-refractivity contribution in [3.8, 4) is 5.75 Å². The highest BCUT2D eigenvalue weighted by Crippen LogP contribution is 2.11. The van der Waals surface area contributed by atoms with E-state index >= 15 is 0 Å². The molecule has 5 heteroatoms. The van der Waals surface area contributed by atoms with E-state index in [-0.39, 0.29) is 18.3 Å². The van der Waals surface area contributed by atoms with Crippen LogP contribution >= 0.6 is 0 Å². The van der Waals surface area contributed by atoms with E-state index in [0.717, 1.165) is 25.7 Å². The molecule has 0 atom stereocenters. The van der Waals surface area contributed by atoms with E-state index in [1.165, 1.54) is 12.1 Å². The summed E-state index contributed by atoms with van der Waals surface area (Å²) in [5.41, 5.74) is 0. The first-order valence-electron chi connectivity index (χ1n) is 7.48. The molecule has 0 fully saturated rings. The number of ether oxygens (including phenoxy) is 1. The summed E-state index contributed by atoms with van der Waals surface area (Å²) in [5, 5.41) is 11.5. The third-order valence-corrected chi connectivity index (χ3v) is 3.04. The quantitative estimate of drug-likeness (QED) is 0.617. The van der Waals surface area contributed by atoms with Crippen LogP contribution in [0.3, 0.4) is 0 Å². The van der Waals surface area contributed by atoms with Crippen molar-refractivity contribution in [1.29, 1.82) is 0 Å². The van der Waals surface area contributed by atoms with Gasteiger partial charge in [0, 0.05) is 19.6 Å². The Morgan fingerprint density at radius 2 is 1.81 bits per heavy atom. The van der Waals surface area contributed by atoms with Crippen LogP contribution in [0, 0.1) is 5.82 Å². The van der Waals surface area contributed by atoms with E-state index < -0.39 is 0 Å². The summed E-state index contributed by atoms with van der Waals surface area (Å²) in [6, 6.07) is 5.83. The number of nitrogens with one attached hydrogen (secondary N) is 1. The van der Waals surface area contributed by atoms with Gasteiger partial charge < -0.3 is 15.2 Å². The van der Waals surface area contributed by atoms with E-state index in [1.807, 2.05) is 0 Å². The van der Waals surface area contributed by atoms with Crippen LogP contribution in [0.5, 0.6) is 5.75 Å². The Morgan fingerprint density at radius 1 is 1.10 bits per heavy atom. The summed E-state index contributed by atoms with van der Waals surface area (Å²) < 4.78 is 18.1. The molecule has 0 aromatic heterocycles. The molecule has 0 heterocycles. The fourth-order valence-electron chi connectivity index (χ4n) is 1.86. The molecule has 0 aliphatic heterocycles. The molecule has 0 radical (unpaired) electrons. The number of carbonyl (C=O) groups excluding carboxylic acids is 1. The fourth-order valence-corrected chi connectivity index (χ4v) is 1.86. The van der Waals surface area contributed by atoms with Gasteiger partial charge in [0.15, 0.2) is 0 Å². The summed E-state index contributed by atoms with van der Waals surface area (Å²) >= 11 is 0. The molecular formula is C16H24FNO3. The molecule has 0 spiro atoms. The van der Waals surface area contributed by atoms with Crippen LogP contribution in [0.2, 0.25) is 0 Å². The second kappa shape index (κ2) is 11.1. The highest BCUT2D eigenvalue weighted by molar-refractivity contribution is 5.75. The fraction of sp³-hybridized carbons (Fsp3) is 0.562. The highest BCUT2D eigenvalue weighted by Gasteiger charge is 2.01. The predicted molar refractivity (Wildman–Crippen MR) is 79.7 cm³/mol. The molecule has 1 aromatic carbocycles. The van der Waals surface area contributed by atoms with Gasteiger partial charge in [0.2, 0.25) is 5.91 Å². The largest absolute Gasteiger partial charge is 0.494 e. The van der Waals surface area contributed by atoms with Gasteiger partial charge in [-0.05, 0) is 43.5 Å². The van der Waals surface area contributed by atoms with Crippen LogP contribution in [-0.4, -0.2) is 30.8 Å². The van der Waals surface area contributed by atoms with E-state index in [1.54, 1.807) is 12.1 Å². The van der Waals surface area contributed by atoms with Crippen LogP contribution in [0.15, 0.2) is 24.3 Å². The molecule has 0 saturated carbocycles. The molecule has 0 saturated heterocycles. The van der Waals surface area contributed by atoms with Crippen LogP contribution in [0.4, 0.5) is 4.39 Å². The second-order valence-electron chi connectivity index (χ2n) is 4.89. The molecule has 0 unspecified atom stereocenters. The summed E-state index contributed by atoms with van der Waals surface area (Å²) in [4.78, 5) is 11.5. The maximum Gasteiger partial charge on any atom is 0.220 e. The van der Waals surface area contributed by atoms with Crippen molar-refractivity contribution >= 4 is 5.91 Å². The lowest BCUT2D eigenvalue weighted by Crippen LogP contribution is -2.24. The van der Waals surface area contributed by atoms with Gasteiger partial charge in [-0.25, -0.2) is 4.39 Å². The Labute approximate surface area is 125 Å². The number of hydrogen-bond donors (Lipinski definition) is 2. The molecule has 1 rings (SSSR count). The predicted octanol–water partition coefficient (Wildman–Crippen LogP) is 2.65. The normalized spacial score (nSPS) is 10.4. The lowest BCUT2D eigenvalue weighted by Gasteiger charge is -2.07. The average Bonchev–Trinajstić information content (AvgIpc) is 2.49. The number of carbonyl (C=O) groups is 1. The molecule has 21 heavy (non-hydrogen) atoms. The number of benzene rings is 1. The average molecular weight is 297 g/mol. The van der Waals surface area contributed by atoms with Gasteiger partial charge in [0.1, 0.15) is 11.6 Å². The Balaban J connectivity index is 1.97. The number of aliphatic hydroxyl groups excluding tert-OH is 1. The molecule has 2 N–H and O–H groups in total. The Morgan fingerprint density at radius 3 is 2.52 bits per heavy atom. The van der Waals surface area contributed by atoms with Crippen molar-refractivity contribution in [3.05, 3.63) is 30.1 Å². The molecule has 0 bridgehead atoms. The zero-order chi connectivity index (χ0) is 15.3. The van der Waals surface area contributed by atoms with E-state index in [0.29, 0.717) is 31.7 Å². The molecule has 1 amide bonds. The minimum atomic E-state index is -0.291. The Bertz CT molecular complexity index is 395.